The standard InChI is InChI=1S/C53H82N2O12/c1-11-38(49(60)61)40-22-21-31(4)45(64-40)35(8)43(56)34(7)44(57)39(12-2)46-32(5)30-33(6)52(65-46)26-23-41(55-48(59)47(58)54-29-17-20-37-18-15-14-16-19-37)53(67-52)28-27-50(10,66-53)42-24-25-51(62,13-3)36(9)63-42/h14-16,18-19,23,26,31-36,38-43,45-46,56,62H,11-13,17,20-22,24-25,27-30H2,1-10H3,(H,54,58)(H,55,59)(H,60,61)/t31-,32-,33+,34-,35-,36-,38+,39?,40+,41+,42+,43+,45+,46-,50-,51+,52-,53-/m0/s1. The van der Waals surface area contributed by atoms with Crippen LogP contribution in [0.25, 0.3) is 0 Å². The van der Waals surface area contributed by atoms with Crippen LogP contribution >= 0.6 is 0 Å². The quantitative estimate of drug-likeness (QED) is 0.0607. The maximum atomic E-state index is 14.7. The Morgan fingerprint density at radius 2 is 1.55 bits per heavy atom. The maximum absolute atomic E-state index is 14.7. The molecule has 0 radical (unpaired) electrons. The third-order valence-corrected chi connectivity index (χ3v) is 16.7. The van der Waals surface area contributed by atoms with Crippen LogP contribution in [-0.2, 0) is 49.3 Å². The molecule has 5 aliphatic heterocycles. The van der Waals surface area contributed by atoms with Gasteiger partial charge >= 0.3 is 17.8 Å². The molecule has 67 heavy (non-hydrogen) atoms. The fourth-order valence-corrected chi connectivity index (χ4v) is 12.1. The van der Waals surface area contributed by atoms with Crippen molar-refractivity contribution in [2.24, 2.45) is 41.4 Å². The molecule has 0 aliphatic carbocycles. The molecule has 2 amide bonds. The van der Waals surface area contributed by atoms with Crippen LogP contribution in [0.5, 0.6) is 0 Å². The number of aryl methyl sites for hydroxylation is 1. The van der Waals surface area contributed by atoms with Crippen molar-refractivity contribution in [3.8, 4) is 0 Å². The van der Waals surface area contributed by atoms with E-state index in [4.69, 9.17) is 23.7 Å². The Morgan fingerprint density at radius 1 is 0.851 bits per heavy atom. The molecule has 18 atom stereocenters. The first-order chi connectivity index (χ1) is 31.7. The highest BCUT2D eigenvalue weighted by Gasteiger charge is 2.63. The average molecular weight is 939 g/mol. The predicted molar refractivity (Wildman–Crippen MR) is 252 cm³/mol. The highest BCUT2D eigenvalue weighted by molar-refractivity contribution is 6.35. The molecule has 1 aromatic carbocycles. The van der Waals surface area contributed by atoms with Gasteiger partial charge in [-0.05, 0) is 108 Å². The van der Waals surface area contributed by atoms with E-state index in [2.05, 4.69) is 24.5 Å². The van der Waals surface area contributed by atoms with E-state index >= 15 is 0 Å². The van der Waals surface area contributed by atoms with Gasteiger partial charge in [-0.2, -0.15) is 0 Å². The summed E-state index contributed by atoms with van der Waals surface area (Å²) in [6.45, 7) is 19.7. The number of Topliss-reactive ketones (excluding diaryl/α,β-unsaturated/α-hetero) is 1. The number of aliphatic hydroxyl groups is 2. The van der Waals surface area contributed by atoms with Crippen molar-refractivity contribution in [1.82, 2.24) is 10.6 Å². The van der Waals surface area contributed by atoms with E-state index in [0.29, 0.717) is 70.8 Å². The molecule has 2 spiro atoms. The van der Waals surface area contributed by atoms with Gasteiger partial charge in [0, 0.05) is 36.6 Å². The monoisotopic (exact) mass is 939 g/mol. The van der Waals surface area contributed by atoms with Gasteiger partial charge in [0.1, 0.15) is 11.8 Å². The summed E-state index contributed by atoms with van der Waals surface area (Å²) in [5, 5.41) is 38.8. The van der Waals surface area contributed by atoms with Gasteiger partial charge in [0.2, 0.25) is 0 Å². The number of nitrogens with one attached hydrogen (secondary N) is 2. The van der Waals surface area contributed by atoms with Crippen LogP contribution in [0.15, 0.2) is 42.5 Å². The number of carboxylic acids is 1. The third kappa shape index (κ3) is 11.2. The molecule has 0 aromatic heterocycles. The molecule has 1 aromatic rings. The largest absolute Gasteiger partial charge is 0.481 e. The molecule has 5 aliphatic rings. The van der Waals surface area contributed by atoms with Crippen LogP contribution < -0.4 is 10.6 Å². The van der Waals surface area contributed by atoms with Crippen LogP contribution in [-0.4, -0.2) is 111 Å². The summed E-state index contributed by atoms with van der Waals surface area (Å²) in [5.74, 6) is -8.15. The number of aliphatic hydroxyl groups excluding tert-OH is 1. The first-order valence-electron chi connectivity index (χ1n) is 25.5. The topological polar surface area (TPSA) is 199 Å². The number of hydrogen-bond donors (Lipinski definition) is 5. The lowest BCUT2D eigenvalue weighted by molar-refractivity contribution is -0.398. The van der Waals surface area contributed by atoms with Crippen molar-refractivity contribution in [3.63, 3.8) is 0 Å². The summed E-state index contributed by atoms with van der Waals surface area (Å²) < 4.78 is 34.5. The molecule has 6 rings (SSSR count). The molecule has 376 valence electrons. The minimum atomic E-state index is -1.49. The number of ether oxygens (including phenoxy) is 5. The molecular weight excluding hydrogens is 857 g/mol. The van der Waals surface area contributed by atoms with Crippen LogP contribution in [0, 0.1) is 41.4 Å². The SMILES string of the molecule is CCC(C(=O)[C@@H](C)[C@@H](O)[C@H](C)[C@@H]1O[C@@H]([C@@H](CC)C(=O)O)CC[C@@H]1C)[C@H]1O[C@]2(C=C[C@@H](NC(=O)C(=O)NCCCc3ccccc3)[C@]3(CC[C@@](C)([C@H]4CC[C@](O)(CC)[C@H](C)O4)O3)O2)[C@H](C)C[C@@H]1C. The highest BCUT2D eigenvalue weighted by atomic mass is 16.8. The second-order valence-corrected chi connectivity index (χ2v) is 21.3. The number of carbonyl (C=O) groups is 4. The van der Waals surface area contributed by atoms with Crippen LogP contribution in [0.4, 0.5) is 0 Å². The number of amides is 2. The van der Waals surface area contributed by atoms with Crippen molar-refractivity contribution in [2.75, 3.05) is 6.54 Å². The minimum absolute atomic E-state index is 0.0686. The van der Waals surface area contributed by atoms with Crippen LogP contribution in [0.2, 0.25) is 0 Å². The number of carboxylic acid groups (broad SMARTS) is 1. The zero-order valence-electron chi connectivity index (χ0n) is 41.8. The lowest BCUT2D eigenvalue weighted by atomic mass is 9.72. The Bertz CT molecular complexity index is 1900. The number of aliphatic carboxylic acids is 1. The molecule has 4 fully saturated rings. The number of hydrogen-bond acceptors (Lipinski definition) is 11. The Morgan fingerprint density at radius 3 is 2.19 bits per heavy atom. The molecule has 5 heterocycles. The number of carbonyl (C=O) groups excluding carboxylic acids is 3. The molecular formula is C53H82N2O12. The Balaban J connectivity index is 1.22. The van der Waals surface area contributed by atoms with E-state index in [-0.39, 0.29) is 23.5 Å². The number of ketones is 1. The molecule has 14 heteroatoms. The van der Waals surface area contributed by atoms with Crippen molar-refractivity contribution < 1.29 is 58.2 Å². The van der Waals surface area contributed by atoms with Gasteiger partial charge in [-0.15, -0.1) is 0 Å². The smallest absolute Gasteiger partial charge is 0.309 e. The van der Waals surface area contributed by atoms with E-state index in [0.717, 1.165) is 18.4 Å². The second-order valence-electron chi connectivity index (χ2n) is 21.3. The first-order valence-corrected chi connectivity index (χ1v) is 25.5. The second kappa shape index (κ2) is 21.8. The molecule has 14 nitrogen and oxygen atoms in total. The van der Waals surface area contributed by atoms with Gasteiger partial charge in [-0.3, -0.25) is 19.2 Å². The van der Waals surface area contributed by atoms with Crippen LogP contribution in [0.3, 0.4) is 0 Å². The molecule has 1 unspecified atom stereocenters. The minimum Gasteiger partial charge on any atom is -0.481 e. The first kappa shape index (κ1) is 53.1. The lowest BCUT2D eigenvalue weighted by Gasteiger charge is -2.55. The van der Waals surface area contributed by atoms with Gasteiger partial charge in [0.25, 0.3) is 0 Å². The van der Waals surface area contributed by atoms with Crippen molar-refractivity contribution in [2.45, 2.75) is 212 Å². The zero-order valence-corrected chi connectivity index (χ0v) is 41.8. The fourth-order valence-electron chi connectivity index (χ4n) is 12.1. The molecule has 5 N–H and O–H groups in total. The highest BCUT2D eigenvalue weighted by Crippen LogP contribution is 2.54. The van der Waals surface area contributed by atoms with Gasteiger partial charge in [-0.1, -0.05) is 91.8 Å². The third-order valence-electron chi connectivity index (χ3n) is 16.7. The maximum Gasteiger partial charge on any atom is 0.309 e. The van der Waals surface area contributed by atoms with Crippen molar-refractivity contribution in [3.05, 3.63) is 48.0 Å². The molecule has 4 saturated heterocycles. The van der Waals surface area contributed by atoms with E-state index in [1.54, 1.807) is 13.0 Å². The summed E-state index contributed by atoms with van der Waals surface area (Å²) in [7, 11) is 0. The van der Waals surface area contributed by atoms with E-state index in [1.807, 2.05) is 84.9 Å². The average Bonchev–Trinajstić information content (AvgIpc) is 3.65. The summed E-state index contributed by atoms with van der Waals surface area (Å²) in [6.07, 6.45) is 7.04. The predicted octanol–water partition coefficient (Wildman–Crippen LogP) is 7.06. The zero-order chi connectivity index (χ0) is 49.1. The Labute approximate surface area is 399 Å². The molecule has 0 bridgehead atoms. The lowest BCUT2D eigenvalue weighted by Crippen LogP contribution is -2.66. The van der Waals surface area contributed by atoms with Gasteiger partial charge in [-0.25, -0.2) is 0 Å². The number of benzene rings is 1. The summed E-state index contributed by atoms with van der Waals surface area (Å²) >= 11 is 0. The Hall–Kier alpha value is -3.24. The van der Waals surface area contributed by atoms with Crippen molar-refractivity contribution >= 4 is 23.6 Å². The summed E-state index contributed by atoms with van der Waals surface area (Å²) in [6, 6.07) is 9.05. The normalized spacial score (nSPS) is 38.7. The van der Waals surface area contributed by atoms with Gasteiger partial charge in [0.15, 0.2) is 11.6 Å². The van der Waals surface area contributed by atoms with Gasteiger partial charge in [0.05, 0.1) is 53.7 Å². The van der Waals surface area contributed by atoms with Crippen molar-refractivity contribution in [1.29, 1.82) is 0 Å². The fraction of sp³-hybridized carbons (Fsp3) is 0.774. The van der Waals surface area contributed by atoms with Crippen LogP contribution in [0.1, 0.15) is 145 Å². The number of rotatable bonds is 17. The summed E-state index contributed by atoms with van der Waals surface area (Å²) in [4.78, 5) is 53.8. The summed E-state index contributed by atoms with van der Waals surface area (Å²) in [5.41, 5.74) is -0.703. The van der Waals surface area contributed by atoms with E-state index in [9.17, 15) is 34.5 Å². The molecule has 0 saturated carbocycles. The van der Waals surface area contributed by atoms with E-state index in [1.165, 1.54) is 0 Å². The van der Waals surface area contributed by atoms with E-state index < -0.39 is 107 Å². The van der Waals surface area contributed by atoms with Gasteiger partial charge < -0.3 is 49.6 Å². The Kier molecular flexibility index (Phi) is 17.3.